The van der Waals surface area contributed by atoms with Gasteiger partial charge in [0, 0.05) is 38.2 Å². The predicted octanol–water partition coefficient (Wildman–Crippen LogP) is 3.06. The summed E-state index contributed by atoms with van der Waals surface area (Å²) in [5.41, 5.74) is -0.613. The van der Waals surface area contributed by atoms with E-state index < -0.39 is 0 Å². The van der Waals surface area contributed by atoms with Crippen LogP contribution in [-0.2, 0) is 26.2 Å². The summed E-state index contributed by atoms with van der Waals surface area (Å²) >= 11 is 0. The minimum absolute atomic E-state index is 0. The van der Waals surface area contributed by atoms with Crippen molar-refractivity contribution in [1.82, 2.24) is 0 Å². The van der Waals surface area contributed by atoms with Gasteiger partial charge in [-0.25, -0.2) is 0 Å². The van der Waals surface area contributed by atoms with E-state index >= 15 is 0 Å². The van der Waals surface area contributed by atoms with E-state index in [0.29, 0.717) is 0 Å². The molecule has 0 bridgehead atoms. The zero-order chi connectivity index (χ0) is 13.6. The number of aliphatic hydroxyl groups is 2. The molecule has 0 aliphatic heterocycles. The topological polar surface area (TPSA) is 61.9 Å². The molecule has 0 rings (SSSR count). The molecule has 0 radical (unpaired) electrons. The normalized spacial score (nSPS) is 12.1. The largest absolute Gasteiger partial charge is 0.511 e. The monoisotopic (exact) mass is 321 g/mol. The fraction of sp³-hybridized carbons (Fsp3) is 0.769. The summed E-state index contributed by atoms with van der Waals surface area (Å²) in [6.07, 6.45) is 1.44. The summed E-state index contributed by atoms with van der Waals surface area (Å²) in [6.45, 7) is 13.3. The number of rotatable bonds is 1. The minimum atomic E-state index is -0.306. The quantitative estimate of drug-likeness (QED) is 0.443. The molecule has 0 atom stereocenters. The number of carbonyl (C=O) groups excluding carboxylic acids is 1. The van der Waals surface area contributed by atoms with Crippen molar-refractivity contribution in [2.24, 2.45) is 10.8 Å². The minimum Gasteiger partial charge on any atom is -0.511 e. The van der Waals surface area contributed by atoms with Gasteiger partial charge in [0.1, 0.15) is 5.76 Å². The molecule has 17 heavy (non-hydrogen) atoms. The fourth-order valence-corrected chi connectivity index (χ4v) is 0.563. The number of hydrogen-bond acceptors (Lipinski definition) is 2. The summed E-state index contributed by atoms with van der Waals surface area (Å²) in [4.78, 5) is 9.60. The molecule has 4 heteroatoms. The molecule has 0 amide bonds. The number of ketones is 1. The molecule has 0 fully saturated rings. The van der Waals surface area contributed by atoms with Gasteiger partial charge < -0.3 is 10.2 Å². The second-order valence-electron chi connectivity index (χ2n) is 5.73. The molecular formula is C13H27O3Zr+. The van der Waals surface area contributed by atoms with E-state index in [9.17, 15) is 9.90 Å². The van der Waals surface area contributed by atoms with Gasteiger partial charge in [-0.1, -0.05) is 20.8 Å². The van der Waals surface area contributed by atoms with Crippen LogP contribution in [0.3, 0.4) is 0 Å². The van der Waals surface area contributed by atoms with Crippen molar-refractivity contribution in [3.8, 4) is 0 Å². The maximum atomic E-state index is 9.60. The standard InChI is InChI=1S/C11H20O2.C2H6O.Zr/c1-10(2,3)8(12)7-9(13)11(4,5)6;1-2-3;/h7,12H,1-6H3;3H,2H2,1H3;/p+1/b8-7-;;. The third-order valence-electron chi connectivity index (χ3n) is 1.81. The Morgan fingerprint density at radius 2 is 1.35 bits per heavy atom. The van der Waals surface area contributed by atoms with Gasteiger partial charge in [0.05, 0.1) is 11.5 Å². The van der Waals surface area contributed by atoms with E-state index in [1.54, 1.807) is 6.92 Å². The van der Waals surface area contributed by atoms with E-state index in [0.717, 1.165) is 0 Å². The summed E-state index contributed by atoms with van der Waals surface area (Å²) in [5, 5.41) is 17.2. The second-order valence-corrected chi connectivity index (χ2v) is 5.73. The Balaban J connectivity index is -0.000000440. The van der Waals surface area contributed by atoms with E-state index in [-0.39, 0.29) is 55.2 Å². The molecule has 0 saturated carbocycles. The zero-order valence-corrected chi connectivity index (χ0v) is 14.6. The number of aliphatic hydroxyl groups excluding tert-OH is 2. The zero-order valence-electron chi connectivity index (χ0n) is 12.1. The van der Waals surface area contributed by atoms with Crippen LogP contribution in [0.1, 0.15) is 48.5 Å². The summed E-state index contributed by atoms with van der Waals surface area (Å²) < 4.78 is 0. The molecule has 0 spiro atoms. The van der Waals surface area contributed by atoms with E-state index in [4.69, 9.17) is 5.11 Å². The van der Waals surface area contributed by atoms with Gasteiger partial charge in [-0.3, -0.25) is 4.79 Å². The van der Waals surface area contributed by atoms with Gasteiger partial charge in [-0.15, -0.1) is 0 Å². The first kappa shape index (κ1) is 22.3. The maximum absolute atomic E-state index is 9.60. The first-order valence-electron chi connectivity index (χ1n) is 5.55. The molecule has 0 unspecified atom stereocenters. The molecule has 100 valence electrons. The molecule has 0 saturated heterocycles. The van der Waals surface area contributed by atoms with Crippen LogP contribution in [0.2, 0.25) is 0 Å². The third kappa shape index (κ3) is 12.3. The molecule has 0 aromatic rings. The van der Waals surface area contributed by atoms with Crippen molar-refractivity contribution in [3.05, 3.63) is 11.8 Å². The predicted molar refractivity (Wildman–Crippen MR) is 69.3 cm³/mol. The fourth-order valence-electron chi connectivity index (χ4n) is 0.563. The van der Waals surface area contributed by atoms with Crippen molar-refractivity contribution >= 4 is 5.78 Å². The summed E-state index contributed by atoms with van der Waals surface area (Å²) in [7, 11) is 0. The average Bonchev–Trinajstić information content (AvgIpc) is 2.01. The maximum Gasteiger partial charge on any atom is 0.325 e. The Hall–Kier alpha value is 0.0531. The Morgan fingerprint density at radius 1 is 1.06 bits per heavy atom. The number of hydrogen-bond donors (Lipinski definition) is 2. The van der Waals surface area contributed by atoms with E-state index in [2.05, 4.69) is 0 Å². The molecule has 0 aliphatic rings. The summed E-state index contributed by atoms with van der Waals surface area (Å²) in [5.74, 6) is 0.417. The molecule has 3 nitrogen and oxygen atoms in total. The van der Waals surface area contributed by atoms with Crippen molar-refractivity contribution in [3.63, 3.8) is 0 Å². The van der Waals surface area contributed by atoms with E-state index in [1.807, 2.05) is 41.5 Å². The van der Waals surface area contributed by atoms with Crippen LogP contribution in [0.5, 0.6) is 0 Å². The first-order valence-corrected chi connectivity index (χ1v) is 5.55. The number of allylic oxidation sites excluding steroid dienone is 2. The third-order valence-corrected chi connectivity index (χ3v) is 1.81. The van der Waals surface area contributed by atoms with Crippen LogP contribution in [0.15, 0.2) is 11.8 Å². The van der Waals surface area contributed by atoms with Gasteiger partial charge in [0.15, 0.2) is 0 Å². The van der Waals surface area contributed by atoms with Crippen LogP contribution in [0.25, 0.3) is 0 Å². The molecule has 0 aromatic heterocycles. The molecule has 0 aliphatic carbocycles. The van der Waals surface area contributed by atoms with Gasteiger partial charge in [0.25, 0.3) is 0 Å². The smallest absolute Gasteiger partial charge is 0.325 e. The van der Waals surface area contributed by atoms with Crippen molar-refractivity contribution in [2.75, 3.05) is 6.61 Å². The molecule has 3 N–H and O–H groups in total. The van der Waals surface area contributed by atoms with Crippen LogP contribution in [0.4, 0.5) is 0 Å². The van der Waals surface area contributed by atoms with Crippen molar-refractivity contribution < 1.29 is 41.2 Å². The van der Waals surface area contributed by atoms with Gasteiger partial charge in [-0.2, -0.15) is 0 Å². The molecule has 0 heterocycles. The van der Waals surface area contributed by atoms with Crippen LogP contribution >= 0.6 is 0 Å². The Kier molecular flexibility index (Phi) is 11.8. The molecular weight excluding hydrogens is 295 g/mol. The van der Waals surface area contributed by atoms with Crippen molar-refractivity contribution in [1.29, 1.82) is 0 Å². The van der Waals surface area contributed by atoms with Gasteiger partial charge >= 0.3 is 5.78 Å². The average molecular weight is 323 g/mol. The van der Waals surface area contributed by atoms with Gasteiger partial charge in [-0.05, 0) is 27.7 Å². The SMILES string of the molecule is CC(C)(C)C(=[OH+])/C=C(\O)C(C)(C)C.CCO.[Zr]. The summed E-state index contributed by atoms with van der Waals surface area (Å²) in [6, 6.07) is 0. The Labute approximate surface area is 124 Å². The van der Waals surface area contributed by atoms with Crippen LogP contribution in [0, 0.1) is 10.8 Å². The van der Waals surface area contributed by atoms with Crippen molar-refractivity contribution in [2.45, 2.75) is 48.5 Å². The van der Waals surface area contributed by atoms with Gasteiger partial charge in [0.2, 0.25) is 0 Å². The van der Waals surface area contributed by atoms with E-state index in [1.165, 1.54) is 6.08 Å². The second kappa shape index (κ2) is 9.05. The molecule has 0 aromatic carbocycles. The van der Waals surface area contributed by atoms with Crippen LogP contribution in [-0.4, -0.2) is 27.4 Å². The Morgan fingerprint density at radius 3 is 1.53 bits per heavy atom. The first-order chi connectivity index (χ1) is 6.96. The Bertz CT molecular complexity index is 244. The van der Waals surface area contributed by atoms with Crippen LogP contribution < -0.4 is 0 Å².